The molecule has 0 saturated heterocycles. The molecular formula is C16H16N2O3. The highest BCUT2D eigenvalue weighted by molar-refractivity contribution is 5.92. The number of aromatic hydroxyl groups is 1. The molecule has 0 aliphatic heterocycles. The number of nitrogens with zero attached hydrogens (tertiary/aromatic N) is 2. The van der Waals surface area contributed by atoms with Gasteiger partial charge in [-0.1, -0.05) is 6.07 Å². The van der Waals surface area contributed by atoms with Crippen LogP contribution in [0.5, 0.6) is 5.75 Å². The van der Waals surface area contributed by atoms with Gasteiger partial charge in [0, 0.05) is 0 Å². The van der Waals surface area contributed by atoms with Crippen molar-refractivity contribution in [2.75, 3.05) is 0 Å². The zero-order valence-electron chi connectivity index (χ0n) is 12.1. The van der Waals surface area contributed by atoms with E-state index >= 15 is 0 Å². The average Bonchev–Trinajstić information content (AvgIpc) is 2.43. The molecule has 0 saturated carbocycles. The molecule has 0 radical (unpaired) electrons. The Labute approximate surface area is 122 Å². The Hall–Kier alpha value is -2.69. The summed E-state index contributed by atoms with van der Waals surface area (Å²) in [6.07, 6.45) is 0. The molecule has 5 nitrogen and oxygen atoms in total. The Bertz CT molecular complexity index is 737. The number of hydrogen-bond donors (Lipinski definition) is 2. The summed E-state index contributed by atoms with van der Waals surface area (Å²) in [4.78, 5) is 11.1. The van der Waals surface area contributed by atoms with Crippen LogP contribution in [-0.4, -0.2) is 16.2 Å². The van der Waals surface area contributed by atoms with Crippen molar-refractivity contribution in [1.29, 1.82) is 0 Å². The predicted octanol–water partition coefficient (Wildman–Crippen LogP) is 4.43. The van der Waals surface area contributed by atoms with E-state index in [4.69, 9.17) is 5.11 Å². The van der Waals surface area contributed by atoms with Crippen molar-refractivity contribution in [2.45, 2.75) is 20.8 Å². The number of carboxylic acid groups (broad SMARTS) is 1. The minimum atomic E-state index is -1.20. The van der Waals surface area contributed by atoms with E-state index in [-0.39, 0.29) is 11.3 Å². The number of phenols is 1. The lowest BCUT2D eigenvalue weighted by molar-refractivity contribution is 0.0693. The van der Waals surface area contributed by atoms with Gasteiger partial charge in [0.1, 0.15) is 11.3 Å². The van der Waals surface area contributed by atoms with Gasteiger partial charge < -0.3 is 10.2 Å². The van der Waals surface area contributed by atoms with Crippen LogP contribution in [0.25, 0.3) is 0 Å². The van der Waals surface area contributed by atoms with Crippen molar-refractivity contribution < 1.29 is 15.0 Å². The van der Waals surface area contributed by atoms with E-state index in [9.17, 15) is 9.90 Å². The van der Waals surface area contributed by atoms with Gasteiger partial charge in [0.2, 0.25) is 0 Å². The van der Waals surface area contributed by atoms with Crippen LogP contribution in [0.3, 0.4) is 0 Å². The third-order valence-corrected chi connectivity index (χ3v) is 3.29. The Balaban J connectivity index is 2.37. The average molecular weight is 284 g/mol. The standard InChI is InChI=1S/C16H16N2O3/c1-9-4-5-12(6-10(9)2)17-18-13-7-11(3)15(19)14(8-13)16(20)21/h4-8,19H,1-3H3,(H,20,21). The first-order valence-electron chi connectivity index (χ1n) is 6.44. The third kappa shape index (κ3) is 3.25. The van der Waals surface area contributed by atoms with Gasteiger partial charge in [0.15, 0.2) is 0 Å². The van der Waals surface area contributed by atoms with Crippen LogP contribution in [0.4, 0.5) is 11.4 Å². The molecule has 2 aromatic rings. The zero-order valence-corrected chi connectivity index (χ0v) is 12.1. The van der Waals surface area contributed by atoms with E-state index in [1.165, 1.54) is 11.6 Å². The molecule has 0 spiro atoms. The molecule has 21 heavy (non-hydrogen) atoms. The highest BCUT2D eigenvalue weighted by Crippen LogP contribution is 2.29. The monoisotopic (exact) mass is 284 g/mol. The lowest BCUT2D eigenvalue weighted by atomic mass is 10.1. The highest BCUT2D eigenvalue weighted by Gasteiger charge is 2.13. The number of carbonyl (C=O) groups is 1. The molecule has 0 amide bonds. The van der Waals surface area contributed by atoms with E-state index in [1.807, 2.05) is 32.0 Å². The molecule has 0 bridgehead atoms. The third-order valence-electron chi connectivity index (χ3n) is 3.29. The van der Waals surface area contributed by atoms with Crippen LogP contribution in [-0.2, 0) is 0 Å². The molecule has 0 aliphatic carbocycles. The van der Waals surface area contributed by atoms with E-state index in [0.717, 1.165) is 5.56 Å². The second-order valence-electron chi connectivity index (χ2n) is 4.93. The molecule has 0 unspecified atom stereocenters. The van der Waals surface area contributed by atoms with E-state index in [2.05, 4.69) is 10.2 Å². The number of carboxylic acids is 1. The van der Waals surface area contributed by atoms with Gasteiger partial charge in [-0.2, -0.15) is 10.2 Å². The zero-order chi connectivity index (χ0) is 15.6. The molecule has 2 aromatic carbocycles. The summed E-state index contributed by atoms with van der Waals surface area (Å²) in [6.45, 7) is 5.62. The fourth-order valence-electron chi connectivity index (χ4n) is 1.88. The van der Waals surface area contributed by atoms with Crippen LogP contribution < -0.4 is 0 Å². The molecule has 2 N–H and O–H groups in total. The first kappa shape index (κ1) is 14.7. The molecule has 0 fully saturated rings. The van der Waals surface area contributed by atoms with Crippen molar-refractivity contribution in [3.63, 3.8) is 0 Å². The molecular weight excluding hydrogens is 268 g/mol. The summed E-state index contributed by atoms with van der Waals surface area (Å²) in [5.41, 5.74) is 3.64. The van der Waals surface area contributed by atoms with Gasteiger partial charge >= 0.3 is 5.97 Å². The highest BCUT2D eigenvalue weighted by atomic mass is 16.4. The maximum atomic E-state index is 11.1. The molecule has 0 aliphatic rings. The molecule has 108 valence electrons. The number of aromatic carboxylic acids is 1. The maximum absolute atomic E-state index is 11.1. The second-order valence-corrected chi connectivity index (χ2v) is 4.93. The molecule has 5 heteroatoms. The van der Waals surface area contributed by atoms with Crippen LogP contribution >= 0.6 is 0 Å². The first-order chi connectivity index (χ1) is 9.88. The lowest BCUT2D eigenvalue weighted by Gasteiger charge is -2.04. The topological polar surface area (TPSA) is 82.2 Å². The summed E-state index contributed by atoms with van der Waals surface area (Å²) < 4.78 is 0. The quantitative estimate of drug-likeness (QED) is 0.818. The van der Waals surface area contributed by atoms with Gasteiger partial charge in [0.05, 0.1) is 11.4 Å². The minimum Gasteiger partial charge on any atom is -0.507 e. The summed E-state index contributed by atoms with van der Waals surface area (Å²) in [7, 11) is 0. The van der Waals surface area contributed by atoms with Crippen molar-refractivity contribution in [3.8, 4) is 5.75 Å². The molecule has 2 rings (SSSR count). The fraction of sp³-hybridized carbons (Fsp3) is 0.188. The Morgan fingerprint density at radius 3 is 2.14 bits per heavy atom. The van der Waals surface area contributed by atoms with Crippen LogP contribution in [0.15, 0.2) is 40.6 Å². The molecule has 0 atom stereocenters. The minimum absolute atomic E-state index is 0.177. The second kappa shape index (κ2) is 5.75. The lowest BCUT2D eigenvalue weighted by Crippen LogP contribution is -1.97. The van der Waals surface area contributed by atoms with E-state index < -0.39 is 5.97 Å². The normalized spacial score (nSPS) is 11.0. The van der Waals surface area contributed by atoms with Crippen molar-refractivity contribution >= 4 is 17.3 Å². The number of rotatable bonds is 3. The summed E-state index contributed by atoms with van der Waals surface area (Å²) >= 11 is 0. The summed E-state index contributed by atoms with van der Waals surface area (Å²) in [5.74, 6) is -1.44. The van der Waals surface area contributed by atoms with Gasteiger partial charge in [-0.3, -0.25) is 0 Å². The summed E-state index contributed by atoms with van der Waals surface area (Å²) in [6, 6.07) is 8.59. The van der Waals surface area contributed by atoms with Crippen molar-refractivity contribution in [2.24, 2.45) is 10.2 Å². The largest absolute Gasteiger partial charge is 0.507 e. The van der Waals surface area contributed by atoms with Crippen LogP contribution in [0.2, 0.25) is 0 Å². The number of benzene rings is 2. The molecule has 0 heterocycles. The molecule has 0 aromatic heterocycles. The maximum Gasteiger partial charge on any atom is 0.339 e. The van der Waals surface area contributed by atoms with Gasteiger partial charge in [-0.15, -0.1) is 0 Å². The van der Waals surface area contributed by atoms with Crippen molar-refractivity contribution in [1.82, 2.24) is 0 Å². The van der Waals surface area contributed by atoms with Crippen molar-refractivity contribution in [3.05, 3.63) is 52.6 Å². The predicted molar refractivity (Wildman–Crippen MR) is 79.9 cm³/mol. The van der Waals surface area contributed by atoms with Gasteiger partial charge in [-0.25, -0.2) is 4.79 Å². The van der Waals surface area contributed by atoms with E-state index in [0.29, 0.717) is 16.9 Å². The first-order valence-corrected chi connectivity index (χ1v) is 6.44. The Morgan fingerprint density at radius 2 is 1.52 bits per heavy atom. The fourth-order valence-corrected chi connectivity index (χ4v) is 1.88. The summed E-state index contributed by atoms with van der Waals surface area (Å²) in [5, 5.41) is 26.9. The number of aryl methyl sites for hydroxylation is 3. The van der Waals surface area contributed by atoms with Crippen LogP contribution in [0.1, 0.15) is 27.0 Å². The van der Waals surface area contributed by atoms with Gasteiger partial charge in [0.25, 0.3) is 0 Å². The SMILES string of the molecule is Cc1ccc(N=Nc2cc(C)c(O)c(C(=O)O)c2)cc1C. The number of azo groups is 1. The Morgan fingerprint density at radius 1 is 0.905 bits per heavy atom. The number of hydrogen-bond acceptors (Lipinski definition) is 4. The smallest absolute Gasteiger partial charge is 0.339 e. The van der Waals surface area contributed by atoms with E-state index in [1.54, 1.807) is 13.0 Å². The Kier molecular flexibility index (Phi) is 4.03. The van der Waals surface area contributed by atoms with Gasteiger partial charge in [-0.05, 0) is 61.7 Å². The van der Waals surface area contributed by atoms with Crippen LogP contribution in [0, 0.1) is 20.8 Å².